The van der Waals surface area contributed by atoms with Crippen molar-refractivity contribution >= 4 is 40.7 Å². The number of amides is 3. The van der Waals surface area contributed by atoms with Crippen molar-refractivity contribution in [1.29, 1.82) is 0 Å². The summed E-state index contributed by atoms with van der Waals surface area (Å²) in [5, 5.41) is 3.39. The highest BCUT2D eigenvalue weighted by Gasteiger charge is 2.50. The Morgan fingerprint density at radius 3 is 2.33 bits per heavy atom. The molecule has 5 rings (SSSR count). The van der Waals surface area contributed by atoms with Crippen LogP contribution < -0.4 is 10.2 Å². The van der Waals surface area contributed by atoms with E-state index in [9.17, 15) is 14.4 Å². The lowest BCUT2D eigenvalue weighted by atomic mass is 9.73. The van der Waals surface area contributed by atoms with Gasteiger partial charge in [0.05, 0.1) is 17.5 Å². The van der Waals surface area contributed by atoms with Crippen LogP contribution in [0.3, 0.4) is 0 Å². The highest BCUT2D eigenvalue weighted by Crippen LogP contribution is 2.45. The number of imide groups is 1. The zero-order valence-electron chi connectivity index (χ0n) is 17.9. The average Bonchev–Trinajstić information content (AvgIpc) is 3.10. The lowest BCUT2D eigenvalue weighted by Crippen LogP contribution is -2.31. The minimum absolute atomic E-state index is 0.160. The summed E-state index contributed by atoms with van der Waals surface area (Å²) in [6.07, 6.45) is 2.26. The van der Waals surface area contributed by atoms with E-state index in [1.165, 1.54) is 10.5 Å². The van der Waals surface area contributed by atoms with E-state index in [1.54, 1.807) is 48.5 Å². The molecular weight excluding hydrogens is 436 g/mol. The van der Waals surface area contributed by atoms with Gasteiger partial charge >= 0.3 is 0 Å². The Balaban J connectivity index is 1.35. The number of anilines is 2. The number of carbonyl (C=O) groups is 3. The van der Waals surface area contributed by atoms with Gasteiger partial charge < -0.3 is 5.32 Å². The maximum Gasteiger partial charge on any atom is 0.255 e. The first-order valence-electron chi connectivity index (χ1n) is 11.1. The highest BCUT2D eigenvalue weighted by atomic mass is 35.5. The Morgan fingerprint density at radius 1 is 0.848 bits per heavy atom. The lowest BCUT2D eigenvalue weighted by molar-refractivity contribution is -0.122. The standard InChI is InChI=1S/C27H23ClN2O3/c28-20-10-12-21(13-11-20)29-25(31)19-7-4-8-22(15-19)30-26(32)23-14-9-18(16-24(23)27(30)33)17-5-2-1-3-6-17/h1-8,10-13,15,18,23-24H,9,14,16H2,(H,29,31)/t18-,23-,24-/m1/s1. The predicted octanol–water partition coefficient (Wildman–Crippen LogP) is 5.67. The van der Waals surface area contributed by atoms with Gasteiger partial charge in [-0.2, -0.15) is 0 Å². The molecule has 0 bridgehead atoms. The maximum absolute atomic E-state index is 13.3. The number of fused-ring (bicyclic) bond motifs is 1. The molecule has 1 heterocycles. The first kappa shape index (κ1) is 21.4. The third-order valence-electron chi connectivity index (χ3n) is 6.67. The van der Waals surface area contributed by atoms with Gasteiger partial charge in [0.2, 0.25) is 11.8 Å². The summed E-state index contributed by atoms with van der Waals surface area (Å²) in [6.45, 7) is 0. The van der Waals surface area contributed by atoms with Gasteiger partial charge in [-0.25, -0.2) is 0 Å². The van der Waals surface area contributed by atoms with Crippen LogP contribution in [0.5, 0.6) is 0 Å². The van der Waals surface area contributed by atoms with Gasteiger partial charge in [-0.3, -0.25) is 19.3 Å². The summed E-state index contributed by atoms with van der Waals surface area (Å²) in [7, 11) is 0. The topological polar surface area (TPSA) is 66.5 Å². The monoisotopic (exact) mass is 458 g/mol. The normalized spacial score (nSPS) is 22.2. The molecule has 3 aromatic rings. The molecule has 0 unspecified atom stereocenters. The van der Waals surface area contributed by atoms with Crippen molar-refractivity contribution in [1.82, 2.24) is 0 Å². The van der Waals surface area contributed by atoms with Crippen LogP contribution in [0.15, 0.2) is 78.9 Å². The zero-order chi connectivity index (χ0) is 22.9. The molecule has 1 saturated carbocycles. The average molecular weight is 459 g/mol. The summed E-state index contributed by atoms with van der Waals surface area (Å²) < 4.78 is 0. The minimum atomic E-state index is -0.320. The molecule has 3 aromatic carbocycles. The Morgan fingerprint density at radius 2 is 1.58 bits per heavy atom. The molecule has 2 aliphatic rings. The number of halogens is 1. The van der Waals surface area contributed by atoms with Crippen molar-refractivity contribution in [3.8, 4) is 0 Å². The molecule has 3 atom stereocenters. The van der Waals surface area contributed by atoms with E-state index in [4.69, 9.17) is 11.6 Å². The predicted molar refractivity (Wildman–Crippen MR) is 128 cm³/mol. The molecule has 5 nitrogen and oxygen atoms in total. The van der Waals surface area contributed by atoms with Crippen LogP contribution in [0.4, 0.5) is 11.4 Å². The van der Waals surface area contributed by atoms with Gasteiger partial charge in [-0.05, 0) is 73.2 Å². The van der Waals surface area contributed by atoms with Gasteiger partial charge in [0.25, 0.3) is 5.91 Å². The Labute approximate surface area is 197 Å². The third-order valence-corrected chi connectivity index (χ3v) is 6.92. The van der Waals surface area contributed by atoms with Gasteiger partial charge in [0.1, 0.15) is 0 Å². The van der Waals surface area contributed by atoms with Crippen molar-refractivity contribution in [2.45, 2.75) is 25.2 Å². The summed E-state index contributed by atoms with van der Waals surface area (Å²) in [6, 6.07) is 23.7. The summed E-state index contributed by atoms with van der Waals surface area (Å²) in [5.74, 6) is -0.972. The summed E-state index contributed by atoms with van der Waals surface area (Å²) in [4.78, 5) is 40.5. The molecule has 1 aliphatic carbocycles. The van der Waals surface area contributed by atoms with Gasteiger partial charge in [-0.1, -0.05) is 48.0 Å². The molecule has 0 spiro atoms. The molecule has 1 N–H and O–H groups in total. The second-order valence-electron chi connectivity index (χ2n) is 8.66. The van der Waals surface area contributed by atoms with Crippen LogP contribution >= 0.6 is 11.6 Å². The van der Waals surface area contributed by atoms with Gasteiger partial charge in [0.15, 0.2) is 0 Å². The first-order chi connectivity index (χ1) is 16.0. The highest BCUT2D eigenvalue weighted by molar-refractivity contribution is 6.30. The van der Waals surface area contributed by atoms with E-state index >= 15 is 0 Å². The van der Waals surface area contributed by atoms with E-state index in [-0.39, 0.29) is 35.5 Å². The van der Waals surface area contributed by atoms with Crippen molar-refractivity contribution in [2.75, 3.05) is 10.2 Å². The smallest absolute Gasteiger partial charge is 0.255 e. The Hall–Kier alpha value is -3.44. The molecule has 2 fully saturated rings. The largest absolute Gasteiger partial charge is 0.322 e. The van der Waals surface area contributed by atoms with E-state index in [0.717, 1.165) is 6.42 Å². The molecule has 166 valence electrons. The van der Waals surface area contributed by atoms with Crippen molar-refractivity contribution < 1.29 is 14.4 Å². The van der Waals surface area contributed by atoms with E-state index < -0.39 is 0 Å². The number of carbonyl (C=O) groups excluding carboxylic acids is 3. The molecule has 6 heteroatoms. The Bertz CT molecular complexity index is 1210. The number of nitrogens with one attached hydrogen (secondary N) is 1. The van der Waals surface area contributed by atoms with Crippen LogP contribution in [-0.4, -0.2) is 17.7 Å². The molecule has 1 saturated heterocycles. The van der Waals surface area contributed by atoms with Crippen LogP contribution in [0, 0.1) is 11.8 Å². The number of nitrogens with zero attached hydrogens (tertiary/aromatic N) is 1. The number of rotatable bonds is 4. The van der Waals surface area contributed by atoms with Crippen LogP contribution in [-0.2, 0) is 9.59 Å². The fourth-order valence-corrected chi connectivity index (χ4v) is 5.11. The van der Waals surface area contributed by atoms with Gasteiger partial charge in [-0.15, -0.1) is 0 Å². The molecular formula is C27H23ClN2O3. The molecule has 3 amide bonds. The quantitative estimate of drug-likeness (QED) is 0.512. The van der Waals surface area contributed by atoms with E-state index in [2.05, 4.69) is 17.4 Å². The van der Waals surface area contributed by atoms with Crippen LogP contribution in [0.25, 0.3) is 0 Å². The lowest BCUT2D eigenvalue weighted by Gasteiger charge is -2.28. The minimum Gasteiger partial charge on any atom is -0.322 e. The first-order valence-corrected chi connectivity index (χ1v) is 11.5. The maximum atomic E-state index is 13.3. The number of hydrogen-bond donors (Lipinski definition) is 1. The summed E-state index contributed by atoms with van der Waals surface area (Å²) in [5.41, 5.74) is 2.65. The van der Waals surface area contributed by atoms with E-state index in [1.807, 2.05) is 18.2 Å². The summed E-state index contributed by atoms with van der Waals surface area (Å²) >= 11 is 5.90. The van der Waals surface area contributed by atoms with Crippen molar-refractivity contribution in [3.63, 3.8) is 0 Å². The SMILES string of the molecule is O=C(Nc1ccc(Cl)cc1)c1cccc(N2C(=O)[C@@H]3CC[C@@H](c4ccccc4)C[C@H]3C2=O)c1. The molecule has 0 aromatic heterocycles. The van der Waals surface area contributed by atoms with Crippen molar-refractivity contribution in [3.05, 3.63) is 95.0 Å². The fourth-order valence-electron chi connectivity index (χ4n) is 4.98. The zero-order valence-corrected chi connectivity index (χ0v) is 18.7. The molecule has 0 radical (unpaired) electrons. The molecule has 1 aliphatic heterocycles. The van der Waals surface area contributed by atoms with Gasteiger partial charge in [0, 0.05) is 16.3 Å². The Kier molecular flexibility index (Phi) is 5.73. The van der Waals surface area contributed by atoms with Crippen LogP contribution in [0.1, 0.15) is 41.1 Å². The third kappa shape index (κ3) is 4.16. The molecule has 33 heavy (non-hydrogen) atoms. The number of hydrogen-bond acceptors (Lipinski definition) is 3. The van der Waals surface area contributed by atoms with Crippen molar-refractivity contribution in [2.24, 2.45) is 11.8 Å². The second kappa shape index (κ2) is 8.83. The number of benzene rings is 3. The fraction of sp³-hybridized carbons (Fsp3) is 0.222. The van der Waals surface area contributed by atoms with Crippen LogP contribution in [0.2, 0.25) is 5.02 Å². The van der Waals surface area contributed by atoms with E-state index in [0.29, 0.717) is 34.8 Å². The second-order valence-corrected chi connectivity index (χ2v) is 9.09.